The normalized spacial score (nSPS) is 16.2. The highest BCUT2D eigenvalue weighted by Gasteiger charge is 2.36. The zero-order chi connectivity index (χ0) is 15.0. The van der Waals surface area contributed by atoms with Crippen LogP contribution in [0.25, 0.3) is 0 Å². The second-order valence-corrected chi connectivity index (χ2v) is 6.69. The van der Waals surface area contributed by atoms with Gasteiger partial charge in [0, 0.05) is 25.8 Å². The van der Waals surface area contributed by atoms with Gasteiger partial charge in [0.1, 0.15) is 0 Å². The molecule has 1 aliphatic rings. The predicted molar refractivity (Wildman–Crippen MR) is 87.5 cm³/mol. The first-order valence-corrected chi connectivity index (χ1v) is 8.39. The SMILES string of the molecule is CCc1nn(CC)c(CC2(O)Cc3ccccc3C2)c1Br. The van der Waals surface area contributed by atoms with E-state index in [4.69, 9.17) is 0 Å². The third-order valence-electron chi connectivity index (χ3n) is 4.35. The second-order valence-electron chi connectivity index (χ2n) is 5.90. The molecule has 1 heterocycles. The molecule has 0 unspecified atom stereocenters. The van der Waals surface area contributed by atoms with Gasteiger partial charge in [0.2, 0.25) is 0 Å². The Hall–Kier alpha value is -1.13. The Labute approximate surface area is 134 Å². The lowest BCUT2D eigenvalue weighted by molar-refractivity contribution is 0.0495. The summed E-state index contributed by atoms with van der Waals surface area (Å²) in [6.45, 7) is 5.03. The minimum Gasteiger partial charge on any atom is -0.389 e. The van der Waals surface area contributed by atoms with Gasteiger partial charge < -0.3 is 5.11 Å². The number of aryl methyl sites for hydroxylation is 2. The van der Waals surface area contributed by atoms with Gasteiger partial charge in [-0.05, 0) is 40.4 Å². The Morgan fingerprint density at radius 1 is 1.24 bits per heavy atom. The number of nitrogens with zero attached hydrogens (tertiary/aromatic N) is 2. The highest BCUT2D eigenvalue weighted by atomic mass is 79.9. The van der Waals surface area contributed by atoms with E-state index in [2.05, 4.69) is 47.0 Å². The number of rotatable bonds is 4. The molecule has 1 aromatic carbocycles. The molecule has 3 rings (SSSR count). The molecule has 21 heavy (non-hydrogen) atoms. The van der Waals surface area contributed by atoms with Gasteiger partial charge in [-0.25, -0.2) is 0 Å². The molecule has 0 fully saturated rings. The predicted octanol–water partition coefficient (Wildman–Crippen LogP) is 3.30. The molecule has 0 amide bonds. The van der Waals surface area contributed by atoms with Crippen molar-refractivity contribution in [2.24, 2.45) is 0 Å². The standard InChI is InChI=1S/C17H21BrN2O/c1-3-14-16(18)15(20(4-2)19-14)11-17(21)9-12-7-5-6-8-13(12)10-17/h5-8,21H,3-4,9-11H2,1-2H3. The first kappa shape index (κ1) is 14.8. The molecule has 1 aliphatic carbocycles. The summed E-state index contributed by atoms with van der Waals surface area (Å²) in [6, 6.07) is 8.34. The minimum atomic E-state index is -0.690. The number of benzene rings is 1. The van der Waals surface area contributed by atoms with E-state index >= 15 is 0 Å². The number of aliphatic hydroxyl groups is 1. The maximum atomic E-state index is 11.0. The van der Waals surface area contributed by atoms with Crippen LogP contribution in [0.5, 0.6) is 0 Å². The van der Waals surface area contributed by atoms with Gasteiger partial charge in [-0.3, -0.25) is 4.68 Å². The fourth-order valence-electron chi connectivity index (χ4n) is 3.30. The maximum Gasteiger partial charge on any atom is 0.0783 e. The third kappa shape index (κ3) is 2.67. The average molecular weight is 349 g/mol. The van der Waals surface area contributed by atoms with Crippen LogP contribution in [0.4, 0.5) is 0 Å². The van der Waals surface area contributed by atoms with Crippen molar-refractivity contribution in [2.45, 2.75) is 51.7 Å². The Balaban J connectivity index is 1.90. The van der Waals surface area contributed by atoms with E-state index in [0.717, 1.165) is 41.7 Å². The molecule has 1 aromatic heterocycles. The van der Waals surface area contributed by atoms with Crippen molar-refractivity contribution in [2.75, 3.05) is 0 Å². The summed E-state index contributed by atoms with van der Waals surface area (Å²) in [5.74, 6) is 0. The molecule has 112 valence electrons. The second kappa shape index (κ2) is 5.58. The van der Waals surface area contributed by atoms with Crippen molar-refractivity contribution >= 4 is 15.9 Å². The summed E-state index contributed by atoms with van der Waals surface area (Å²) in [5.41, 5.74) is 4.05. The molecule has 0 saturated carbocycles. The van der Waals surface area contributed by atoms with Gasteiger partial charge in [-0.15, -0.1) is 0 Å². The van der Waals surface area contributed by atoms with Crippen molar-refractivity contribution in [1.82, 2.24) is 9.78 Å². The van der Waals surface area contributed by atoms with Crippen LogP contribution in [-0.2, 0) is 32.2 Å². The van der Waals surface area contributed by atoms with Gasteiger partial charge in [-0.2, -0.15) is 5.10 Å². The molecule has 2 aromatic rings. The van der Waals surface area contributed by atoms with Gasteiger partial charge in [0.05, 0.1) is 21.5 Å². The third-order valence-corrected chi connectivity index (χ3v) is 5.26. The Bertz CT molecular complexity index is 638. The summed E-state index contributed by atoms with van der Waals surface area (Å²) in [6.07, 6.45) is 3.00. The van der Waals surface area contributed by atoms with Crippen molar-refractivity contribution in [3.63, 3.8) is 0 Å². The summed E-state index contributed by atoms with van der Waals surface area (Å²) in [4.78, 5) is 0. The smallest absolute Gasteiger partial charge is 0.0783 e. The van der Waals surface area contributed by atoms with Crippen molar-refractivity contribution < 1.29 is 5.11 Å². The minimum absolute atomic E-state index is 0.642. The van der Waals surface area contributed by atoms with Gasteiger partial charge in [0.25, 0.3) is 0 Å². The molecular formula is C17H21BrN2O. The monoisotopic (exact) mass is 348 g/mol. The van der Waals surface area contributed by atoms with E-state index in [1.807, 2.05) is 16.8 Å². The Morgan fingerprint density at radius 2 is 1.86 bits per heavy atom. The average Bonchev–Trinajstić information content (AvgIpc) is 2.96. The topological polar surface area (TPSA) is 38.0 Å². The van der Waals surface area contributed by atoms with E-state index in [1.165, 1.54) is 11.1 Å². The summed E-state index contributed by atoms with van der Waals surface area (Å²) < 4.78 is 3.08. The van der Waals surface area contributed by atoms with E-state index in [9.17, 15) is 5.11 Å². The highest BCUT2D eigenvalue weighted by molar-refractivity contribution is 9.10. The molecule has 0 spiro atoms. The molecular weight excluding hydrogens is 328 g/mol. The number of halogens is 1. The van der Waals surface area contributed by atoms with E-state index in [0.29, 0.717) is 6.42 Å². The van der Waals surface area contributed by atoms with Crippen LogP contribution in [0.1, 0.15) is 36.4 Å². The van der Waals surface area contributed by atoms with Crippen molar-refractivity contribution in [3.05, 3.63) is 51.3 Å². The fourth-order valence-corrected chi connectivity index (χ4v) is 4.00. The van der Waals surface area contributed by atoms with E-state index in [1.54, 1.807) is 0 Å². The van der Waals surface area contributed by atoms with E-state index < -0.39 is 5.60 Å². The highest BCUT2D eigenvalue weighted by Crippen LogP contribution is 2.35. The van der Waals surface area contributed by atoms with Gasteiger partial charge >= 0.3 is 0 Å². The Morgan fingerprint density at radius 3 is 2.38 bits per heavy atom. The quantitative estimate of drug-likeness (QED) is 0.920. The lowest BCUT2D eigenvalue weighted by atomic mass is 9.94. The van der Waals surface area contributed by atoms with Crippen LogP contribution in [0, 0.1) is 0 Å². The van der Waals surface area contributed by atoms with Crippen molar-refractivity contribution in [1.29, 1.82) is 0 Å². The van der Waals surface area contributed by atoms with Gasteiger partial charge in [-0.1, -0.05) is 31.2 Å². The van der Waals surface area contributed by atoms with Crippen molar-refractivity contribution in [3.8, 4) is 0 Å². The van der Waals surface area contributed by atoms with Gasteiger partial charge in [0.15, 0.2) is 0 Å². The first-order chi connectivity index (χ1) is 10.1. The van der Waals surface area contributed by atoms with E-state index in [-0.39, 0.29) is 0 Å². The fraction of sp³-hybridized carbons (Fsp3) is 0.471. The van der Waals surface area contributed by atoms with Crippen LogP contribution < -0.4 is 0 Å². The molecule has 4 heteroatoms. The zero-order valence-electron chi connectivity index (χ0n) is 12.6. The lowest BCUT2D eigenvalue weighted by Gasteiger charge is -2.23. The van der Waals surface area contributed by atoms with Crippen LogP contribution in [0.3, 0.4) is 0 Å². The first-order valence-electron chi connectivity index (χ1n) is 7.59. The summed E-state index contributed by atoms with van der Waals surface area (Å²) >= 11 is 3.68. The largest absolute Gasteiger partial charge is 0.389 e. The molecule has 0 radical (unpaired) electrons. The van der Waals surface area contributed by atoms with Crippen LogP contribution >= 0.6 is 15.9 Å². The molecule has 0 bridgehead atoms. The molecule has 0 saturated heterocycles. The summed E-state index contributed by atoms with van der Waals surface area (Å²) in [5, 5.41) is 15.7. The number of hydrogen-bond donors (Lipinski definition) is 1. The Kier molecular flexibility index (Phi) is 3.93. The lowest BCUT2D eigenvalue weighted by Crippen LogP contribution is -2.33. The number of hydrogen-bond acceptors (Lipinski definition) is 2. The van der Waals surface area contributed by atoms with Crippen LogP contribution in [0.15, 0.2) is 28.7 Å². The number of aromatic nitrogens is 2. The molecule has 1 N–H and O–H groups in total. The van der Waals surface area contributed by atoms with Crippen LogP contribution in [-0.4, -0.2) is 20.5 Å². The molecule has 0 atom stereocenters. The molecule has 0 aliphatic heterocycles. The van der Waals surface area contributed by atoms with Crippen LogP contribution in [0.2, 0.25) is 0 Å². The summed E-state index contributed by atoms with van der Waals surface area (Å²) in [7, 11) is 0. The maximum absolute atomic E-state index is 11.0. The molecule has 3 nitrogen and oxygen atoms in total. The zero-order valence-corrected chi connectivity index (χ0v) is 14.2. The number of fused-ring (bicyclic) bond motifs is 1.